The van der Waals surface area contributed by atoms with E-state index in [1.54, 1.807) is 13.4 Å². The van der Waals surface area contributed by atoms with E-state index < -0.39 is 0 Å². The minimum Gasteiger partial charge on any atom is -0.503 e. The largest absolute Gasteiger partial charge is 0.503 e. The zero-order chi connectivity index (χ0) is 5.82. The van der Waals surface area contributed by atoms with Gasteiger partial charge in [0.25, 0.3) is 0 Å². The van der Waals surface area contributed by atoms with Crippen molar-refractivity contribution in [3.8, 4) is 0 Å². The van der Waals surface area contributed by atoms with E-state index in [2.05, 4.69) is 5.32 Å². The molecule has 1 rings (SSSR count). The third-order valence-corrected chi connectivity index (χ3v) is 1.24. The molecular weight excluding hydrogens is 102 g/mol. The van der Waals surface area contributed by atoms with Crippen molar-refractivity contribution < 1.29 is 4.74 Å². The van der Waals surface area contributed by atoms with Crippen molar-refractivity contribution >= 4 is 0 Å². The Labute approximate surface area is 49.5 Å². The Bertz CT molecular complexity index is 90.7. The summed E-state index contributed by atoms with van der Waals surface area (Å²) in [5, 5.41) is 3.19. The van der Waals surface area contributed by atoms with E-state index >= 15 is 0 Å². The zero-order valence-electron chi connectivity index (χ0n) is 5.11. The highest BCUT2D eigenvalue weighted by atomic mass is 16.5. The van der Waals surface area contributed by atoms with Crippen LogP contribution in [0.1, 0.15) is 12.8 Å². The Balaban J connectivity index is 2.33. The first-order valence-corrected chi connectivity index (χ1v) is 2.89. The monoisotopic (exact) mass is 113 g/mol. The van der Waals surface area contributed by atoms with Crippen molar-refractivity contribution in [3.05, 3.63) is 12.0 Å². The molecule has 0 bridgehead atoms. The van der Waals surface area contributed by atoms with Gasteiger partial charge in [-0.3, -0.25) is 0 Å². The molecule has 0 aromatic carbocycles. The number of hydrogen-bond acceptors (Lipinski definition) is 2. The summed E-state index contributed by atoms with van der Waals surface area (Å²) in [6.07, 6.45) is 4.16. The van der Waals surface area contributed by atoms with E-state index in [1.165, 1.54) is 12.1 Å². The molecule has 1 heterocycles. The normalized spacial score (nSPS) is 23.4. The van der Waals surface area contributed by atoms with Crippen LogP contribution < -0.4 is 5.32 Å². The lowest BCUT2D eigenvalue weighted by molar-refractivity contribution is 0.331. The summed E-state index contributed by atoms with van der Waals surface area (Å²) in [5.74, 6) is 0. The molecule has 2 heteroatoms. The summed E-state index contributed by atoms with van der Waals surface area (Å²) in [6, 6.07) is 0. The van der Waals surface area contributed by atoms with Gasteiger partial charge in [0.15, 0.2) is 0 Å². The lowest BCUT2D eigenvalue weighted by Gasteiger charge is -1.94. The van der Waals surface area contributed by atoms with E-state index in [0.717, 1.165) is 13.0 Å². The third-order valence-electron chi connectivity index (χ3n) is 1.24. The van der Waals surface area contributed by atoms with Gasteiger partial charge in [0, 0.05) is 12.2 Å². The van der Waals surface area contributed by atoms with Gasteiger partial charge < -0.3 is 10.1 Å². The number of hydrogen-bond donors (Lipinski definition) is 1. The van der Waals surface area contributed by atoms with Crippen molar-refractivity contribution in [1.82, 2.24) is 5.32 Å². The summed E-state index contributed by atoms with van der Waals surface area (Å²) >= 11 is 0. The minimum absolute atomic E-state index is 1.11. The van der Waals surface area contributed by atoms with Crippen LogP contribution in [0.25, 0.3) is 0 Å². The summed E-state index contributed by atoms with van der Waals surface area (Å²) in [6.45, 7) is 1.11. The van der Waals surface area contributed by atoms with E-state index in [-0.39, 0.29) is 0 Å². The average molecular weight is 113 g/mol. The molecule has 46 valence electrons. The zero-order valence-corrected chi connectivity index (χ0v) is 5.11. The fraction of sp³-hybridized carbons (Fsp3) is 0.667. The van der Waals surface area contributed by atoms with Gasteiger partial charge in [0.2, 0.25) is 0 Å². The maximum absolute atomic E-state index is 4.80. The molecule has 0 aromatic heterocycles. The maximum atomic E-state index is 4.80. The fourth-order valence-corrected chi connectivity index (χ4v) is 0.859. The highest BCUT2D eigenvalue weighted by Crippen LogP contribution is 2.07. The Hall–Kier alpha value is -0.660. The molecule has 1 aliphatic rings. The van der Waals surface area contributed by atoms with Gasteiger partial charge >= 0.3 is 0 Å². The van der Waals surface area contributed by atoms with Crippen LogP contribution >= 0.6 is 0 Å². The molecule has 0 aliphatic carbocycles. The van der Waals surface area contributed by atoms with Gasteiger partial charge in [-0.1, -0.05) is 0 Å². The number of nitrogens with one attached hydrogen (secondary N) is 1. The quantitative estimate of drug-likeness (QED) is 0.509. The second-order valence-corrected chi connectivity index (χ2v) is 1.91. The Morgan fingerprint density at radius 3 is 3.12 bits per heavy atom. The molecule has 0 unspecified atom stereocenters. The summed E-state index contributed by atoms with van der Waals surface area (Å²) in [4.78, 5) is 0. The maximum Gasteiger partial charge on any atom is 0.101 e. The summed E-state index contributed by atoms with van der Waals surface area (Å²) in [5.41, 5.74) is 1.23. The molecular formula is C6H11NO. The minimum atomic E-state index is 1.11. The molecule has 2 nitrogen and oxygen atoms in total. The predicted molar refractivity (Wildman–Crippen MR) is 32.3 cm³/mol. The van der Waals surface area contributed by atoms with Crippen LogP contribution in [0.4, 0.5) is 0 Å². The van der Waals surface area contributed by atoms with Crippen molar-refractivity contribution in [1.29, 1.82) is 0 Å². The smallest absolute Gasteiger partial charge is 0.101 e. The van der Waals surface area contributed by atoms with E-state index in [1.807, 2.05) is 0 Å². The van der Waals surface area contributed by atoms with Crippen molar-refractivity contribution in [2.45, 2.75) is 12.8 Å². The fourth-order valence-electron chi connectivity index (χ4n) is 0.859. The highest BCUT2D eigenvalue weighted by Gasteiger charge is 2.03. The van der Waals surface area contributed by atoms with Crippen LogP contribution in [0.5, 0.6) is 0 Å². The summed E-state index contributed by atoms with van der Waals surface area (Å²) in [7, 11) is 1.67. The summed E-state index contributed by atoms with van der Waals surface area (Å²) < 4.78 is 4.80. The molecule has 0 radical (unpaired) electrons. The first kappa shape index (κ1) is 5.48. The molecule has 1 aliphatic heterocycles. The standard InChI is InChI=1S/C6H11NO/c1-8-5-6-3-2-4-7-6/h5,7H,2-4H2,1H3/b6-5-. The van der Waals surface area contributed by atoms with Gasteiger partial charge in [0.05, 0.1) is 7.11 Å². The van der Waals surface area contributed by atoms with Crippen LogP contribution in [0.3, 0.4) is 0 Å². The van der Waals surface area contributed by atoms with Crippen LogP contribution in [0.15, 0.2) is 12.0 Å². The van der Waals surface area contributed by atoms with Crippen molar-refractivity contribution in [3.63, 3.8) is 0 Å². The first-order valence-electron chi connectivity index (χ1n) is 2.89. The molecule has 0 saturated carbocycles. The van der Waals surface area contributed by atoms with Gasteiger partial charge in [0.1, 0.15) is 6.26 Å². The molecule has 1 N–H and O–H groups in total. The molecule has 1 fully saturated rings. The molecule has 0 amide bonds. The number of ether oxygens (including phenoxy) is 1. The van der Waals surface area contributed by atoms with Gasteiger partial charge in [-0.05, 0) is 12.8 Å². The van der Waals surface area contributed by atoms with Crippen molar-refractivity contribution in [2.24, 2.45) is 0 Å². The van der Waals surface area contributed by atoms with Gasteiger partial charge in [-0.2, -0.15) is 0 Å². The topological polar surface area (TPSA) is 21.3 Å². The highest BCUT2D eigenvalue weighted by molar-refractivity contribution is 4.99. The molecule has 1 saturated heterocycles. The number of allylic oxidation sites excluding steroid dienone is 1. The Morgan fingerprint density at radius 2 is 2.62 bits per heavy atom. The second-order valence-electron chi connectivity index (χ2n) is 1.91. The number of methoxy groups -OCH3 is 1. The van der Waals surface area contributed by atoms with E-state index in [4.69, 9.17) is 4.74 Å². The molecule has 0 aromatic rings. The second kappa shape index (κ2) is 2.60. The lowest BCUT2D eigenvalue weighted by atomic mass is 10.3. The third kappa shape index (κ3) is 1.15. The van der Waals surface area contributed by atoms with E-state index in [9.17, 15) is 0 Å². The SMILES string of the molecule is CO/C=C1/CCCN1. The van der Waals surface area contributed by atoms with Gasteiger partial charge in [-0.15, -0.1) is 0 Å². The van der Waals surface area contributed by atoms with Crippen LogP contribution in [-0.4, -0.2) is 13.7 Å². The van der Waals surface area contributed by atoms with E-state index in [0.29, 0.717) is 0 Å². The average Bonchev–Trinajstić information content (AvgIpc) is 2.19. The predicted octanol–water partition coefficient (Wildman–Crippen LogP) is 0.858. The number of rotatable bonds is 1. The van der Waals surface area contributed by atoms with Crippen LogP contribution in [0, 0.1) is 0 Å². The van der Waals surface area contributed by atoms with Gasteiger partial charge in [-0.25, -0.2) is 0 Å². The Kier molecular flexibility index (Phi) is 1.78. The lowest BCUT2D eigenvalue weighted by Crippen LogP contribution is -2.03. The Morgan fingerprint density at radius 1 is 1.75 bits per heavy atom. The first-order chi connectivity index (χ1) is 3.93. The van der Waals surface area contributed by atoms with Crippen LogP contribution in [-0.2, 0) is 4.74 Å². The van der Waals surface area contributed by atoms with Crippen molar-refractivity contribution in [2.75, 3.05) is 13.7 Å². The molecule has 0 spiro atoms. The molecule has 0 atom stereocenters. The molecule has 8 heavy (non-hydrogen) atoms. The van der Waals surface area contributed by atoms with Crippen LogP contribution in [0.2, 0.25) is 0 Å².